The molecular formula is C14H22N2O2. The summed E-state index contributed by atoms with van der Waals surface area (Å²) >= 11 is 0. The van der Waals surface area contributed by atoms with Crippen LogP contribution >= 0.6 is 0 Å². The molecule has 4 nitrogen and oxygen atoms in total. The van der Waals surface area contributed by atoms with E-state index in [0.717, 1.165) is 16.9 Å². The van der Waals surface area contributed by atoms with Crippen LogP contribution in [-0.2, 0) is 4.79 Å². The number of aryl methyl sites for hydroxylation is 1. The second-order valence-corrected chi connectivity index (χ2v) is 4.43. The minimum atomic E-state index is -0.0647. The molecule has 1 rings (SSSR count). The number of hydrogen-bond donors (Lipinski definition) is 2. The van der Waals surface area contributed by atoms with Crippen LogP contribution in [0.4, 0.5) is 0 Å². The molecule has 0 radical (unpaired) electrons. The van der Waals surface area contributed by atoms with Crippen LogP contribution in [0.2, 0.25) is 0 Å². The van der Waals surface area contributed by atoms with Gasteiger partial charge in [-0.15, -0.1) is 0 Å². The highest BCUT2D eigenvalue weighted by Gasteiger charge is 2.13. The smallest absolute Gasteiger partial charge is 0.220 e. The number of carbonyl (C=O) groups is 1. The largest absolute Gasteiger partial charge is 0.496 e. The number of amides is 1. The van der Waals surface area contributed by atoms with Gasteiger partial charge in [-0.3, -0.25) is 4.79 Å². The number of rotatable bonds is 6. The molecule has 1 aromatic carbocycles. The van der Waals surface area contributed by atoms with Crippen molar-refractivity contribution in [3.8, 4) is 5.75 Å². The van der Waals surface area contributed by atoms with Crippen LogP contribution in [0.25, 0.3) is 0 Å². The third-order valence-corrected chi connectivity index (χ3v) is 2.84. The van der Waals surface area contributed by atoms with E-state index < -0.39 is 0 Å². The zero-order valence-corrected chi connectivity index (χ0v) is 11.3. The van der Waals surface area contributed by atoms with Gasteiger partial charge in [-0.1, -0.05) is 17.7 Å². The molecule has 0 saturated carbocycles. The number of nitrogens with two attached hydrogens (primary N) is 1. The van der Waals surface area contributed by atoms with Gasteiger partial charge in [0.15, 0.2) is 0 Å². The first-order chi connectivity index (χ1) is 8.58. The van der Waals surface area contributed by atoms with E-state index >= 15 is 0 Å². The zero-order chi connectivity index (χ0) is 13.5. The fourth-order valence-corrected chi connectivity index (χ4v) is 1.85. The van der Waals surface area contributed by atoms with Crippen molar-refractivity contribution in [1.29, 1.82) is 0 Å². The van der Waals surface area contributed by atoms with Gasteiger partial charge in [0.25, 0.3) is 0 Å². The summed E-state index contributed by atoms with van der Waals surface area (Å²) in [6.07, 6.45) is 1.18. The number of carbonyl (C=O) groups excluding carboxylic acids is 1. The van der Waals surface area contributed by atoms with Crippen molar-refractivity contribution < 1.29 is 9.53 Å². The molecule has 0 heterocycles. The monoisotopic (exact) mass is 250 g/mol. The zero-order valence-electron chi connectivity index (χ0n) is 11.3. The molecule has 0 aliphatic carbocycles. The second kappa shape index (κ2) is 7.01. The molecule has 1 aromatic rings. The summed E-state index contributed by atoms with van der Waals surface area (Å²) in [4.78, 5) is 11.7. The van der Waals surface area contributed by atoms with Crippen LogP contribution in [0.1, 0.15) is 36.9 Å². The number of benzene rings is 1. The highest BCUT2D eigenvalue weighted by Crippen LogP contribution is 2.26. The predicted octanol–water partition coefficient (Wildman–Crippen LogP) is 1.92. The third kappa shape index (κ3) is 4.04. The maximum atomic E-state index is 11.7. The van der Waals surface area contributed by atoms with E-state index in [2.05, 4.69) is 5.32 Å². The van der Waals surface area contributed by atoms with Crippen molar-refractivity contribution >= 4 is 5.91 Å². The fraction of sp³-hybridized carbons (Fsp3) is 0.500. The summed E-state index contributed by atoms with van der Waals surface area (Å²) in [5.41, 5.74) is 7.53. The molecule has 1 unspecified atom stereocenters. The standard InChI is InChI=1S/C14H22N2O2/c1-10-6-7-13(18-3)12(9-10)11(2)16-14(17)5-4-8-15/h6-7,9,11H,4-5,8,15H2,1-3H3,(H,16,17). The van der Waals surface area contributed by atoms with E-state index in [-0.39, 0.29) is 11.9 Å². The number of ether oxygens (including phenoxy) is 1. The molecule has 3 N–H and O–H groups in total. The molecule has 0 aromatic heterocycles. The lowest BCUT2D eigenvalue weighted by atomic mass is 10.0. The molecule has 0 bridgehead atoms. The summed E-state index contributed by atoms with van der Waals surface area (Å²) in [7, 11) is 1.64. The van der Waals surface area contributed by atoms with E-state index in [1.54, 1.807) is 7.11 Å². The minimum absolute atomic E-state index is 0.0245. The van der Waals surface area contributed by atoms with Gasteiger partial charge in [-0.2, -0.15) is 0 Å². The van der Waals surface area contributed by atoms with Crippen LogP contribution in [0, 0.1) is 6.92 Å². The Bertz CT molecular complexity index is 405. The summed E-state index contributed by atoms with van der Waals surface area (Å²) in [6, 6.07) is 5.88. The molecule has 0 saturated heterocycles. The van der Waals surface area contributed by atoms with Gasteiger partial charge in [0, 0.05) is 12.0 Å². The molecule has 18 heavy (non-hydrogen) atoms. The summed E-state index contributed by atoms with van der Waals surface area (Å²) in [5, 5.41) is 2.96. The average molecular weight is 250 g/mol. The SMILES string of the molecule is COc1ccc(C)cc1C(C)NC(=O)CCCN. The van der Waals surface area contributed by atoms with E-state index in [1.165, 1.54) is 0 Å². The Morgan fingerprint density at radius 3 is 2.83 bits per heavy atom. The molecule has 0 spiro atoms. The van der Waals surface area contributed by atoms with Crippen molar-refractivity contribution in [3.63, 3.8) is 0 Å². The second-order valence-electron chi connectivity index (χ2n) is 4.43. The molecule has 100 valence electrons. The Hall–Kier alpha value is -1.55. The number of nitrogens with one attached hydrogen (secondary N) is 1. The Morgan fingerprint density at radius 1 is 1.50 bits per heavy atom. The number of methoxy groups -OCH3 is 1. The topological polar surface area (TPSA) is 64.3 Å². The minimum Gasteiger partial charge on any atom is -0.496 e. The van der Waals surface area contributed by atoms with Crippen LogP contribution in [0.15, 0.2) is 18.2 Å². The maximum Gasteiger partial charge on any atom is 0.220 e. The van der Waals surface area contributed by atoms with Gasteiger partial charge in [-0.25, -0.2) is 0 Å². The van der Waals surface area contributed by atoms with Gasteiger partial charge >= 0.3 is 0 Å². The van der Waals surface area contributed by atoms with Gasteiger partial charge in [0.1, 0.15) is 5.75 Å². The lowest BCUT2D eigenvalue weighted by molar-refractivity contribution is -0.121. The Balaban J connectivity index is 2.73. The molecular weight excluding hydrogens is 228 g/mol. The molecule has 0 fully saturated rings. The van der Waals surface area contributed by atoms with Crippen molar-refractivity contribution in [2.45, 2.75) is 32.7 Å². The van der Waals surface area contributed by atoms with Crippen molar-refractivity contribution in [3.05, 3.63) is 29.3 Å². The van der Waals surface area contributed by atoms with Crippen LogP contribution in [-0.4, -0.2) is 19.6 Å². The number of hydrogen-bond acceptors (Lipinski definition) is 3. The predicted molar refractivity (Wildman–Crippen MR) is 72.6 cm³/mol. The lowest BCUT2D eigenvalue weighted by Gasteiger charge is -2.18. The highest BCUT2D eigenvalue weighted by molar-refractivity contribution is 5.76. The summed E-state index contributed by atoms with van der Waals surface area (Å²) in [5.74, 6) is 0.823. The summed E-state index contributed by atoms with van der Waals surface area (Å²) < 4.78 is 5.31. The summed E-state index contributed by atoms with van der Waals surface area (Å²) in [6.45, 7) is 4.51. The first-order valence-electron chi connectivity index (χ1n) is 6.22. The molecule has 0 aliphatic rings. The van der Waals surface area contributed by atoms with Gasteiger partial charge in [0.2, 0.25) is 5.91 Å². The Labute approximate surface area is 109 Å². The quantitative estimate of drug-likeness (QED) is 0.810. The van der Waals surface area contributed by atoms with Crippen LogP contribution < -0.4 is 15.8 Å². The fourth-order valence-electron chi connectivity index (χ4n) is 1.85. The third-order valence-electron chi connectivity index (χ3n) is 2.84. The molecule has 0 aliphatic heterocycles. The van der Waals surface area contributed by atoms with Crippen molar-refractivity contribution in [1.82, 2.24) is 5.32 Å². The van der Waals surface area contributed by atoms with Gasteiger partial charge in [0.05, 0.1) is 13.2 Å². The van der Waals surface area contributed by atoms with E-state index in [0.29, 0.717) is 19.4 Å². The van der Waals surface area contributed by atoms with Crippen LogP contribution in [0.5, 0.6) is 5.75 Å². The van der Waals surface area contributed by atoms with E-state index in [4.69, 9.17) is 10.5 Å². The first kappa shape index (κ1) is 14.5. The molecule has 1 atom stereocenters. The first-order valence-corrected chi connectivity index (χ1v) is 6.22. The van der Waals surface area contributed by atoms with Crippen molar-refractivity contribution in [2.75, 3.05) is 13.7 Å². The maximum absolute atomic E-state index is 11.7. The molecule has 1 amide bonds. The van der Waals surface area contributed by atoms with Gasteiger partial charge in [-0.05, 0) is 32.9 Å². The normalized spacial score (nSPS) is 12.0. The Kier molecular flexibility index (Phi) is 5.65. The Morgan fingerprint density at radius 2 is 2.22 bits per heavy atom. The average Bonchev–Trinajstić information content (AvgIpc) is 2.36. The highest BCUT2D eigenvalue weighted by atomic mass is 16.5. The van der Waals surface area contributed by atoms with E-state index in [9.17, 15) is 4.79 Å². The van der Waals surface area contributed by atoms with E-state index in [1.807, 2.05) is 32.0 Å². The lowest BCUT2D eigenvalue weighted by Crippen LogP contribution is -2.27. The van der Waals surface area contributed by atoms with Gasteiger partial charge < -0.3 is 15.8 Å². The molecule has 4 heteroatoms. The van der Waals surface area contributed by atoms with Crippen molar-refractivity contribution in [2.24, 2.45) is 5.73 Å². The van der Waals surface area contributed by atoms with Crippen LogP contribution in [0.3, 0.4) is 0 Å².